The van der Waals surface area contributed by atoms with E-state index in [-0.39, 0.29) is 5.41 Å². The van der Waals surface area contributed by atoms with E-state index < -0.39 is 0 Å². The van der Waals surface area contributed by atoms with Crippen molar-refractivity contribution in [2.24, 2.45) is 0 Å². The second-order valence-electron chi connectivity index (χ2n) is 20.2. The maximum atomic E-state index is 2.61. The fourth-order valence-electron chi connectivity index (χ4n) is 12.0. The molecule has 4 bridgehead atoms. The van der Waals surface area contributed by atoms with E-state index in [0.29, 0.717) is 5.92 Å². The van der Waals surface area contributed by atoms with Crippen LogP contribution in [-0.2, 0) is 31.1 Å². The summed E-state index contributed by atoms with van der Waals surface area (Å²) < 4.78 is 0. The summed E-state index contributed by atoms with van der Waals surface area (Å²) in [5, 5.41) is 0. The van der Waals surface area contributed by atoms with Gasteiger partial charge in [-0.25, -0.2) is 0 Å². The lowest BCUT2D eigenvalue weighted by Gasteiger charge is -2.33. The van der Waals surface area contributed by atoms with Crippen LogP contribution in [0.15, 0.2) is 212 Å². The van der Waals surface area contributed by atoms with E-state index in [9.17, 15) is 0 Å². The van der Waals surface area contributed by atoms with Crippen LogP contribution in [0, 0.1) is 0 Å². The van der Waals surface area contributed by atoms with Gasteiger partial charge in [-0.1, -0.05) is 191 Å². The molecule has 0 radical (unpaired) electrons. The third-order valence-corrected chi connectivity index (χ3v) is 15.6. The van der Waals surface area contributed by atoms with E-state index in [2.05, 4.69) is 236 Å². The van der Waals surface area contributed by atoms with Gasteiger partial charge in [-0.05, 0) is 166 Å². The molecule has 1 saturated carbocycles. The third-order valence-electron chi connectivity index (χ3n) is 15.6. The SMILES string of the molecule is CC1(C)c2ccccc2-c2c(-c3ccccc3)cc(N(c3cc4ccc3CCc3ccc(c(N(c5ccccc5)c5ccc(C6CCCCC6)cc5)c3)CC4)c3ccccc3-c3ccccc3)cc21. The molecule has 0 aromatic heterocycles. The maximum absolute atomic E-state index is 2.61. The smallest absolute Gasteiger partial charge is 0.0540 e. The van der Waals surface area contributed by atoms with Crippen molar-refractivity contribution in [1.82, 2.24) is 0 Å². The standard InChI is InChI=1S/C67H60N2/c1-67(2)61-29-17-15-28-59(61)66-60(52-23-11-5-12-24-52)45-57(46-62(66)67)69(63-30-18-16-27-58(63)51-21-9-4-10-22-51)65-44-48-32-36-53-35-31-47(33-37-54(65)38-34-48)43-64(53)68(55-25-13-6-14-26-55)56-41-39-50(40-42-56)49-19-7-3-8-20-49/h4-6,9-18,21-31,34-35,38-46,49H,3,7-8,19-20,32-33,36-37H2,1-2H3. The van der Waals surface area contributed by atoms with Crippen LogP contribution in [0.1, 0.15) is 90.8 Å². The second-order valence-corrected chi connectivity index (χ2v) is 20.2. The minimum atomic E-state index is -0.188. The van der Waals surface area contributed by atoms with Crippen molar-refractivity contribution in [1.29, 1.82) is 0 Å². The predicted molar refractivity (Wildman–Crippen MR) is 291 cm³/mol. The van der Waals surface area contributed by atoms with Gasteiger partial charge in [0.15, 0.2) is 0 Å². The number of anilines is 6. The third kappa shape index (κ3) is 8.06. The summed E-state index contributed by atoms with van der Waals surface area (Å²) in [6.45, 7) is 4.82. The molecule has 6 aliphatic rings. The lowest BCUT2D eigenvalue weighted by molar-refractivity contribution is 0.443. The van der Waals surface area contributed by atoms with Crippen molar-refractivity contribution in [3.05, 3.63) is 251 Å². The van der Waals surface area contributed by atoms with E-state index >= 15 is 0 Å². The fourth-order valence-corrected chi connectivity index (χ4v) is 12.0. The first-order chi connectivity index (χ1) is 34.0. The molecule has 69 heavy (non-hydrogen) atoms. The highest BCUT2D eigenvalue weighted by atomic mass is 15.2. The number of hydrogen-bond donors (Lipinski definition) is 0. The zero-order chi connectivity index (χ0) is 46.3. The molecular weight excluding hydrogens is 833 g/mol. The lowest BCUT2D eigenvalue weighted by atomic mass is 9.81. The average molecular weight is 893 g/mol. The van der Waals surface area contributed by atoms with E-state index in [1.165, 1.54) is 139 Å². The highest BCUT2D eigenvalue weighted by molar-refractivity contribution is 5.98. The van der Waals surface area contributed by atoms with Gasteiger partial charge in [0.05, 0.1) is 5.69 Å². The summed E-state index contributed by atoms with van der Waals surface area (Å²) in [7, 11) is 0. The monoisotopic (exact) mass is 892 g/mol. The van der Waals surface area contributed by atoms with Crippen molar-refractivity contribution in [2.45, 2.75) is 83.0 Å². The number of aryl methyl sites for hydroxylation is 4. The van der Waals surface area contributed by atoms with Crippen LogP contribution in [0.2, 0.25) is 0 Å². The second kappa shape index (κ2) is 18.2. The van der Waals surface area contributed by atoms with Crippen LogP contribution in [0.5, 0.6) is 0 Å². The minimum absolute atomic E-state index is 0.188. The van der Waals surface area contributed by atoms with Crippen LogP contribution in [0.4, 0.5) is 34.1 Å². The summed E-state index contributed by atoms with van der Waals surface area (Å²) >= 11 is 0. The van der Waals surface area contributed by atoms with Crippen molar-refractivity contribution < 1.29 is 0 Å². The van der Waals surface area contributed by atoms with Gasteiger partial charge in [-0.2, -0.15) is 0 Å². The van der Waals surface area contributed by atoms with E-state index in [4.69, 9.17) is 0 Å². The maximum Gasteiger partial charge on any atom is 0.0540 e. The largest absolute Gasteiger partial charge is 0.310 e. The van der Waals surface area contributed by atoms with Crippen molar-refractivity contribution in [2.75, 3.05) is 9.80 Å². The molecular formula is C67H60N2. The molecule has 15 rings (SSSR count). The van der Waals surface area contributed by atoms with Crippen LogP contribution >= 0.6 is 0 Å². The summed E-state index contributed by atoms with van der Waals surface area (Å²) in [5.41, 5.74) is 24.4. The Morgan fingerprint density at radius 1 is 0.377 bits per heavy atom. The predicted octanol–water partition coefficient (Wildman–Crippen LogP) is 18.2. The zero-order valence-electron chi connectivity index (χ0n) is 40.0. The summed E-state index contributed by atoms with van der Waals surface area (Å²) in [6.07, 6.45) is 10.3. The van der Waals surface area contributed by atoms with Gasteiger partial charge < -0.3 is 9.80 Å². The molecule has 2 nitrogen and oxygen atoms in total. The first-order valence-electron chi connectivity index (χ1n) is 25.4. The van der Waals surface area contributed by atoms with Crippen LogP contribution in [-0.4, -0.2) is 0 Å². The highest BCUT2D eigenvalue weighted by Gasteiger charge is 2.38. The number of fused-ring (bicyclic) bond motifs is 3. The molecule has 0 spiro atoms. The molecule has 0 heterocycles. The van der Waals surface area contributed by atoms with Crippen molar-refractivity contribution >= 4 is 34.1 Å². The lowest BCUT2D eigenvalue weighted by Crippen LogP contribution is -2.18. The average Bonchev–Trinajstić information content (AvgIpc) is 3.64. The summed E-state index contributed by atoms with van der Waals surface area (Å²) in [6, 6.07) is 80.4. The van der Waals surface area contributed by atoms with Gasteiger partial charge in [0, 0.05) is 39.4 Å². The molecule has 0 saturated heterocycles. The van der Waals surface area contributed by atoms with E-state index in [0.717, 1.165) is 25.7 Å². The van der Waals surface area contributed by atoms with Crippen LogP contribution in [0.3, 0.4) is 0 Å². The molecule has 1 fully saturated rings. The Morgan fingerprint density at radius 2 is 0.913 bits per heavy atom. The Kier molecular flexibility index (Phi) is 11.3. The summed E-state index contributed by atoms with van der Waals surface area (Å²) in [4.78, 5) is 5.13. The van der Waals surface area contributed by atoms with Crippen LogP contribution in [0.25, 0.3) is 33.4 Å². The molecule has 0 N–H and O–H groups in total. The molecule has 0 atom stereocenters. The number of hydrogen-bond acceptors (Lipinski definition) is 2. The number of benzene rings is 9. The number of rotatable bonds is 9. The normalized spacial score (nSPS) is 14.9. The molecule has 9 aromatic carbocycles. The fraction of sp³-hybridized carbons (Fsp3) is 0.194. The Balaban J connectivity index is 1.00. The molecule has 9 aromatic rings. The molecule has 338 valence electrons. The van der Waals surface area contributed by atoms with Crippen molar-refractivity contribution in [3.8, 4) is 33.4 Å². The number of para-hydroxylation sites is 2. The van der Waals surface area contributed by atoms with Crippen LogP contribution < -0.4 is 9.80 Å². The Hall–Kier alpha value is -7.42. The zero-order valence-corrected chi connectivity index (χ0v) is 40.0. The topological polar surface area (TPSA) is 6.48 Å². The van der Waals surface area contributed by atoms with Gasteiger partial charge in [0.2, 0.25) is 0 Å². The van der Waals surface area contributed by atoms with Gasteiger partial charge in [-0.3, -0.25) is 0 Å². The number of nitrogens with zero attached hydrogens (tertiary/aromatic N) is 2. The molecule has 6 aliphatic carbocycles. The first-order valence-corrected chi connectivity index (χ1v) is 25.4. The quantitative estimate of drug-likeness (QED) is 0.142. The Morgan fingerprint density at radius 3 is 1.57 bits per heavy atom. The van der Waals surface area contributed by atoms with Gasteiger partial charge in [-0.15, -0.1) is 0 Å². The Labute approximate surface area is 409 Å². The Bertz CT molecular complexity index is 3270. The molecule has 0 amide bonds. The van der Waals surface area contributed by atoms with E-state index in [1.807, 2.05) is 0 Å². The summed E-state index contributed by atoms with van der Waals surface area (Å²) in [5.74, 6) is 0.679. The van der Waals surface area contributed by atoms with E-state index in [1.54, 1.807) is 0 Å². The molecule has 0 unspecified atom stereocenters. The molecule has 2 heteroatoms. The first kappa shape index (κ1) is 42.9. The van der Waals surface area contributed by atoms with Gasteiger partial charge >= 0.3 is 0 Å². The van der Waals surface area contributed by atoms with Crippen molar-refractivity contribution in [3.63, 3.8) is 0 Å². The minimum Gasteiger partial charge on any atom is -0.310 e. The molecule has 0 aliphatic heterocycles. The van der Waals surface area contributed by atoms with Gasteiger partial charge in [0.25, 0.3) is 0 Å². The highest BCUT2D eigenvalue weighted by Crippen LogP contribution is 2.55. The van der Waals surface area contributed by atoms with Gasteiger partial charge in [0.1, 0.15) is 0 Å².